The number of Topliss-reactive ketones (excluding diaryl/α,β-unsaturated/α-hetero) is 2. The van der Waals surface area contributed by atoms with Crippen molar-refractivity contribution in [2.45, 2.75) is 119 Å². The fourth-order valence-corrected chi connectivity index (χ4v) is 12.7. The number of rotatable bonds is 10. The van der Waals surface area contributed by atoms with Gasteiger partial charge in [0.1, 0.15) is 24.9 Å². The molecule has 4 saturated carbocycles. The number of benzene rings is 1. The van der Waals surface area contributed by atoms with Gasteiger partial charge in [-0.15, -0.1) is 6.42 Å². The van der Waals surface area contributed by atoms with E-state index in [1.54, 1.807) is 18.2 Å². The molecule has 0 aromatic heterocycles. The summed E-state index contributed by atoms with van der Waals surface area (Å²) in [4.78, 5) is 57.5. The number of nitrogens with zero attached hydrogens (tertiary/aromatic N) is 2. The molecule has 2 heterocycles. The van der Waals surface area contributed by atoms with Gasteiger partial charge in [0.25, 0.3) is 0 Å². The van der Waals surface area contributed by atoms with Gasteiger partial charge in [-0.05, 0) is 142 Å². The molecule has 2 saturated heterocycles. The third-order valence-corrected chi connectivity index (χ3v) is 16.1. The predicted octanol–water partition coefficient (Wildman–Crippen LogP) is 3.38. The molecule has 4 bridgehead atoms. The largest absolute Gasteiger partial charge is 0.458 e. The molecule has 2 aliphatic heterocycles. The van der Waals surface area contributed by atoms with Crippen LogP contribution in [0.4, 0.5) is 0 Å². The van der Waals surface area contributed by atoms with Crippen molar-refractivity contribution in [3.8, 4) is 12.3 Å². The van der Waals surface area contributed by atoms with E-state index in [0.29, 0.717) is 61.8 Å². The molecule has 1 unspecified atom stereocenters. The standard InChI is InChI=1S/C48H54N2O10/c1-2-34-32(24-38-47(57)17-15-35(51)41(53)45(34,47)19-21-49(38)26-28-5-6-28)4-3-23-59-43(55)30-9-11-31(12-10-30)44(56)60-37-14-13-33-25-39-48(58)18-16-36(52)42(54)46(48,40(33)37)20-22-50(39)27-29-7-8-29/h1,3-4,9-14,28-29,37-39,41-42,53-54,57-58H,5-8,15-27H2/b4-3-/t37?,38-,39-,41+,42+,45+,46+,47-,48-/m1/s1. The number of terminal acetylenes is 1. The van der Waals surface area contributed by atoms with Crippen LogP contribution in [0, 0.1) is 35.0 Å². The van der Waals surface area contributed by atoms with Crippen molar-refractivity contribution in [2.24, 2.45) is 22.7 Å². The monoisotopic (exact) mass is 818 g/mol. The Morgan fingerprint density at radius 1 is 0.800 bits per heavy atom. The average molecular weight is 819 g/mol. The summed E-state index contributed by atoms with van der Waals surface area (Å²) in [5.74, 6) is 2.09. The van der Waals surface area contributed by atoms with Crippen molar-refractivity contribution in [1.82, 2.24) is 9.80 Å². The van der Waals surface area contributed by atoms with Crippen LogP contribution in [0.3, 0.4) is 0 Å². The Morgan fingerprint density at radius 3 is 1.95 bits per heavy atom. The van der Waals surface area contributed by atoms with E-state index in [0.717, 1.165) is 37.1 Å². The van der Waals surface area contributed by atoms with E-state index >= 15 is 0 Å². The molecule has 1 aromatic carbocycles. The fraction of sp³-hybridized carbons (Fsp3) is 0.583. The molecule has 1 aromatic rings. The third-order valence-electron chi connectivity index (χ3n) is 16.1. The van der Waals surface area contributed by atoms with E-state index in [1.807, 2.05) is 6.08 Å². The lowest BCUT2D eigenvalue weighted by molar-refractivity contribution is -0.221. The zero-order valence-corrected chi connectivity index (χ0v) is 33.9. The van der Waals surface area contributed by atoms with Crippen molar-refractivity contribution in [2.75, 3.05) is 32.8 Å². The van der Waals surface area contributed by atoms with Crippen molar-refractivity contribution < 1.29 is 49.1 Å². The molecular weight excluding hydrogens is 765 g/mol. The number of ketones is 2. The van der Waals surface area contributed by atoms with Crippen LogP contribution in [0.2, 0.25) is 0 Å². The predicted molar refractivity (Wildman–Crippen MR) is 217 cm³/mol. The summed E-state index contributed by atoms with van der Waals surface area (Å²) in [5, 5.41) is 47.8. The van der Waals surface area contributed by atoms with Crippen LogP contribution in [0.5, 0.6) is 0 Å². The van der Waals surface area contributed by atoms with Crippen LogP contribution in [-0.4, -0.2) is 128 Å². The average Bonchev–Trinajstić information content (AvgIpc) is 4.18. The zero-order chi connectivity index (χ0) is 41.8. The number of ether oxygens (including phenoxy) is 2. The molecule has 6 fully saturated rings. The number of hydrogen-bond donors (Lipinski definition) is 4. The summed E-state index contributed by atoms with van der Waals surface area (Å²) >= 11 is 0. The minimum atomic E-state index is -1.40. The minimum Gasteiger partial charge on any atom is -0.458 e. The van der Waals surface area contributed by atoms with Crippen LogP contribution in [0.1, 0.15) is 97.8 Å². The molecule has 60 heavy (non-hydrogen) atoms. The Balaban J connectivity index is 0.815. The second-order valence-corrected chi connectivity index (χ2v) is 19.1. The summed E-state index contributed by atoms with van der Waals surface area (Å²) in [6, 6.07) is 5.39. The second kappa shape index (κ2) is 14.4. The van der Waals surface area contributed by atoms with Gasteiger partial charge in [0.15, 0.2) is 11.6 Å². The van der Waals surface area contributed by atoms with Crippen LogP contribution in [-0.2, 0) is 19.1 Å². The molecule has 9 aliphatic rings. The first-order valence-corrected chi connectivity index (χ1v) is 22.0. The summed E-state index contributed by atoms with van der Waals surface area (Å²) in [6.07, 6.45) is 16.7. The molecule has 316 valence electrons. The highest BCUT2D eigenvalue weighted by Crippen LogP contribution is 2.64. The smallest absolute Gasteiger partial charge is 0.339 e. The highest BCUT2D eigenvalue weighted by atomic mass is 16.5. The van der Waals surface area contributed by atoms with Crippen LogP contribution < -0.4 is 0 Å². The molecule has 12 heteroatoms. The third kappa shape index (κ3) is 5.87. The summed E-state index contributed by atoms with van der Waals surface area (Å²) in [5.41, 5.74) is -2.05. The number of aliphatic hydroxyl groups is 4. The molecule has 10 rings (SSSR count). The fourth-order valence-electron chi connectivity index (χ4n) is 12.7. The van der Waals surface area contributed by atoms with Gasteiger partial charge in [-0.2, -0.15) is 0 Å². The molecule has 0 spiro atoms. The summed E-state index contributed by atoms with van der Waals surface area (Å²) in [6.45, 7) is 2.94. The Kier molecular flexibility index (Phi) is 9.59. The van der Waals surface area contributed by atoms with Gasteiger partial charge in [0.05, 0.1) is 33.2 Å². The van der Waals surface area contributed by atoms with E-state index in [2.05, 4.69) is 15.7 Å². The van der Waals surface area contributed by atoms with Gasteiger partial charge in [-0.25, -0.2) is 9.59 Å². The number of piperidine rings is 2. The highest BCUT2D eigenvalue weighted by molar-refractivity contribution is 5.94. The van der Waals surface area contributed by atoms with Gasteiger partial charge in [0.2, 0.25) is 0 Å². The number of aliphatic hydroxyl groups excluding tert-OH is 2. The first kappa shape index (κ1) is 39.9. The number of carbonyl (C=O) groups excluding carboxylic acids is 4. The van der Waals surface area contributed by atoms with Crippen LogP contribution >= 0.6 is 0 Å². The van der Waals surface area contributed by atoms with Crippen molar-refractivity contribution >= 4 is 23.5 Å². The zero-order valence-electron chi connectivity index (χ0n) is 33.9. The second-order valence-electron chi connectivity index (χ2n) is 19.1. The SMILES string of the molecule is C#CC1=C(/C=C\COC(=O)c2ccc(C(=O)OC3C=CC4=C3[C@]35CCN(CC6CC6)[C@H](C4)[C@]3(O)CCC(=O)[C@@H]5O)cc2)C[C@H]2N(CC3CC3)CC[C@@]13[C@@H](O)C(=O)CC[C@@]23O. The molecule has 0 amide bonds. The minimum absolute atomic E-state index is 0.0910. The first-order chi connectivity index (χ1) is 28.8. The topological polar surface area (TPSA) is 174 Å². The Morgan fingerprint density at radius 2 is 1.35 bits per heavy atom. The maximum absolute atomic E-state index is 13.6. The molecule has 12 nitrogen and oxygen atoms in total. The van der Waals surface area contributed by atoms with E-state index in [9.17, 15) is 39.6 Å². The van der Waals surface area contributed by atoms with E-state index in [1.165, 1.54) is 37.1 Å². The van der Waals surface area contributed by atoms with E-state index in [-0.39, 0.29) is 67.1 Å². The van der Waals surface area contributed by atoms with Gasteiger partial charge >= 0.3 is 11.9 Å². The number of allylic oxidation sites excluding steroid dienone is 2. The normalized spacial score (nSPS) is 38.7. The van der Waals surface area contributed by atoms with Crippen molar-refractivity contribution in [3.05, 3.63) is 82.0 Å². The van der Waals surface area contributed by atoms with Crippen molar-refractivity contribution in [3.63, 3.8) is 0 Å². The Bertz CT molecular complexity index is 2190. The molecule has 9 atom stereocenters. The van der Waals surface area contributed by atoms with E-state index < -0.39 is 52.3 Å². The first-order valence-electron chi connectivity index (χ1n) is 22.0. The van der Waals surface area contributed by atoms with Gasteiger partial charge in [-0.1, -0.05) is 18.1 Å². The molecular formula is C48H54N2O10. The van der Waals surface area contributed by atoms with Gasteiger partial charge in [0, 0.05) is 43.6 Å². The summed E-state index contributed by atoms with van der Waals surface area (Å²) in [7, 11) is 0. The Labute approximate surface area is 350 Å². The molecule has 0 radical (unpaired) electrons. The number of hydrogen-bond acceptors (Lipinski definition) is 12. The van der Waals surface area contributed by atoms with Crippen molar-refractivity contribution in [1.29, 1.82) is 0 Å². The maximum atomic E-state index is 13.6. The maximum Gasteiger partial charge on any atom is 0.339 e. The van der Waals surface area contributed by atoms with E-state index in [4.69, 9.17) is 15.9 Å². The molecule has 4 N–H and O–H groups in total. The van der Waals surface area contributed by atoms with Gasteiger partial charge < -0.3 is 29.9 Å². The Hall–Kier alpha value is -4.22. The number of likely N-dealkylation sites (tertiary alicyclic amines) is 2. The van der Waals surface area contributed by atoms with Gasteiger partial charge in [-0.3, -0.25) is 19.4 Å². The number of esters is 2. The quantitative estimate of drug-likeness (QED) is 0.201. The van der Waals surface area contributed by atoms with Crippen LogP contribution in [0.15, 0.2) is 70.9 Å². The summed E-state index contributed by atoms with van der Waals surface area (Å²) < 4.78 is 11.6. The molecule has 7 aliphatic carbocycles. The number of carbonyl (C=O) groups is 4. The lowest BCUT2D eigenvalue weighted by Crippen LogP contribution is -2.75. The lowest BCUT2D eigenvalue weighted by Gasteiger charge is -2.65. The van der Waals surface area contributed by atoms with Crippen LogP contribution in [0.25, 0.3) is 0 Å². The highest BCUT2D eigenvalue weighted by Gasteiger charge is 2.71. The lowest BCUT2D eigenvalue weighted by atomic mass is 9.48.